The fraction of sp³-hybridized carbons (Fsp3) is 0.923. The molecule has 1 saturated heterocycles. The number of hydrogen-bond donors (Lipinski definition) is 2. The Hall–Kier alpha value is -0.650. The molecule has 1 heterocycles. The van der Waals surface area contributed by atoms with E-state index < -0.39 is 0 Å². The number of unbranched alkanes of at least 4 members (excludes halogenated alkanes) is 1. The monoisotopic (exact) mass is 254 g/mol. The van der Waals surface area contributed by atoms with Gasteiger partial charge < -0.3 is 16.0 Å². The second kappa shape index (κ2) is 7.07. The van der Waals surface area contributed by atoms with Gasteiger partial charge in [-0.1, -0.05) is 0 Å². The molecule has 0 radical (unpaired) electrons. The lowest BCUT2D eigenvalue weighted by atomic mass is 10.2. The predicted octanol–water partition coefficient (Wildman–Crippen LogP) is -0.378. The summed E-state index contributed by atoms with van der Waals surface area (Å²) in [6, 6.07) is 0.482. The third kappa shape index (κ3) is 4.92. The molecule has 2 fully saturated rings. The molecule has 1 aliphatic heterocycles. The molecule has 0 bridgehead atoms. The zero-order valence-corrected chi connectivity index (χ0v) is 11.2. The Kier molecular flexibility index (Phi) is 5.41. The summed E-state index contributed by atoms with van der Waals surface area (Å²) in [5.74, 6) is 0.203. The summed E-state index contributed by atoms with van der Waals surface area (Å²) in [4.78, 5) is 16.4. The molecule has 0 spiro atoms. The number of carbonyl (C=O) groups is 1. The van der Waals surface area contributed by atoms with Crippen molar-refractivity contribution in [2.75, 3.05) is 45.8 Å². The van der Waals surface area contributed by atoms with Crippen LogP contribution in [-0.4, -0.2) is 67.6 Å². The minimum absolute atomic E-state index is 0.203. The Morgan fingerprint density at radius 3 is 2.39 bits per heavy atom. The highest BCUT2D eigenvalue weighted by Gasteiger charge is 2.25. The highest BCUT2D eigenvalue weighted by Crippen LogP contribution is 2.18. The van der Waals surface area contributed by atoms with Crippen molar-refractivity contribution in [2.24, 2.45) is 5.73 Å². The van der Waals surface area contributed by atoms with Crippen molar-refractivity contribution in [3.05, 3.63) is 0 Å². The van der Waals surface area contributed by atoms with E-state index in [1.54, 1.807) is 0 Å². The first-order valence-electron chi connectivity index (χ1n) is 7.22. The van der Waals surface area contributed by atoms with Gasteiger partial charge in [-0.05, 0) is 38.8 Å². The van der Waals surface area contributed by atoms with Crippen LogP contribution in [0, 0.1) is 0 Å². The van der Waals surface area contributed by atoms with Crippen molar-refractivity contribution in [2.45, 2.75) is 31.7 Å². The number of rotatable bonds is 7. The average Bonchev–Trinajstić information content (AvgIpc) is 3.15. The van der Waals surface area contributed by atoms with Crippen molar-refractivity contribution in [3.8, 4) is 0 Å². The number of nitrogens with zero attached hydrogens (tertiary/aromatic N) is 2. The summed E-state index contributed by atoms with van der Waals surface area (Å²) in [5.41, 5.74) is 5.49. The summed E-state index contributed by atoms with van der Waals surface area (Å²) in [6.45, 7) is 6.72. The fourth-order valence-electron chi connectivity index (χ4n) is 2.35. The second-order valence-corrected chi connectivity index (χ2v) is 5.46. The molecule has 0 aromatic heterocycles. The van der Waals surface area contributed by atoms with Crippen LogP contribution in [0.15, 0.2) is 0 Å². The Morgan fingerprint density at radius 1 is 1.11 bits per heavy atom. The maximum absolute atomic E-state index is 11.7. The lowest BCUT2D eigenvalue weighted by Crippen LogP contribution is -2.49. The normalized spacial score (nSPS) is 22.1. The summed E-state index contributed by atoms with van der Waals surface area (Å²) < 4.78 is 0. The Balaban J connectivity index is 1.56. The summed E-state index contributed by atoms with van der Waals surface area (Å²) in [6.07, 6.45) is 4.64. The molecule has 2 rings (SSSR count). The van der Waals surface area contributed by atoms with Gasteiger partial charge in [0.1, 0.15) is 0 Å². The summed E-state index contributed by atoms with van der Waals surface area (Å²) >= 11 is 0. The molecule has 0 unspecified atom stereocenters. The van der Waals surface area contributed by atoms with Gasteiger partial charge in [0.2, 0.25) is 5.91 Å². The molecule has 1 amide bonds. The first kappa shape index (κ1) is 13.8. The molecule has 0 aromatic rings. The van der Waals surface area contributed by atoms with Crippen LogP contribution in [0.2, 0.25) is 0 Å². The van der Waals surface area contributed by atoms with Gasteiger partial charge in [0.05, 0.1) is 6.54 Å². The lowest BCUT2D eigenvalue weighted by Gasteiger charge is -2.34. The van der Waals surface area contributed by atoms with E-state index in [1.807, 2.05) is 0 Å². The third-order valence-corrected chi connectivity index (χ3v) is 3.70. The van der Waals surface area contributed by atoms with Gasteiger partial charge in [0, 0.05) is 32.2 Å². The van der Waals surface area contributed by atoms with E-state index in [2.05, 4.69) is 15.1 Å². The SMILES string of the molecule is NCCCCN1CCN(CC(=O)NC2CC2)CC1. The van der Waals surface area contributed by atoms with E-state index in [-0.39, 0.29) is 5.91 Å². The topological polar surface area (TPSA) is 61.6 Å². The van der Waals surface area contributed by atoms with E-state index in [4.69, 9.17) is 5.73 Å². The van der Waals surface area contributed by atoms with Crippen LogP contribution in [0.5, 0.6) is 0 Å². The first-order valence-corrected chi connectivity index (χ1v) is 7.22. The van der Waals surface area contributed by atoms with Gasteiger partial charge in [-0.15, -0.1) is 0 Å². The van der Waals surface area contributed by atoms with Crippen LogP contribution < -0.4 is 11.1 Å². The molecular weight excluding hydrogens is 228 g/mol. The number of amides is 1. The van der Waals surface area contributed by atoms with E-state index >= 15 is 0 Å². The molecule has 1 aliphatic carbocycles. The van der Waals surface area contributed by atoms with Crippen molar-refractivity contribution in [3.63, 3.8) is 0 Å². The van der Waals surface area contributed by atoms with Crippen molar-refractivity contribution >= 4 is 5.91 Å². The molecule has 104 valence electrons. The molecule has 5 heteroatoms. The van der Waals surface area contributed by atoms with E-state index in [1.165, 1.54) is 19.3 Å². The molecule has 1 saturated carbocycles. The fourth-order valence-corrected chi connectivity index (χ4v) is 2.35. The lowest BCUT2D eigenvalue weighted by molar-refractivity contribution is -0.122. The highest BCUT2D eigenvalue weighted by atomic mass is 16.2. The molecule has 0 aromatic carbocycles. The third-order valence-electron chi connectivity index (χ3n) is 3.70. The van der Waals surface area contributed by atoms with Gasteiger partial charge in [0.25, 0.3) is 0 Å². The predicted molar refractivity (Wildman–Crippen MR) is 72.3 cm³/mol. The maximum Gasteiger partial charge on any atom is 0.234 e. The van der Waals surface area contributed by atoms with Crippen molar-refractivity contribution < 1.29 is 4.79 Å². The molecule has 5 nitrogen and oxygen atoms in total. The van der Waals surface area contributed by atoms with Crippen molar-refractivity contribution in [1.82, 2.24) is 15.1 Å². The van der Waals surface area contributed by atoms with Gasteiger partial charge in [0.15, 0.2) is 0 Å². The Bertz CT molecular complexity index is 260. The maximum atomic E-state index is 11.7. The Morgan fingerprint density at radius 2 is 1.78 bits per heavy atom. The summed E-state index contributed by atoms with van der Waals surface area (Å²) in [5, 5.41) is 3.05. The van der Waals surface area contributed by atoms with E-state index in [0.717, 1.165) is 45.7 Å². The van der Waals surface area contributed by atoms with E-state index in [9.17, 15) is 4.79 Å². The molecule has 0 atom stereocenters. The zero-order chi connectivity index (χ0) is 12.8. The van der Waals surface area contributed by atoms with E-state index in [0.29, 0.717) is 12.6 Å². The van der Waals surface area contributed by atoms with Crippen LogP contribution >= 0.6 is 0 Å². The first-order chi connectivity index (χ1) is 8.78. The van der Waals surface area contributed by atoms with Gasteiger partial charge in [-0.3, -0.25) is 9.69 Å². The highest BCUT2D eigenvalue weighted by molar-refractivity contribution is 5.78. The molecule has 3 N–H and O–H groups in total. The Labute approximate surface area is 110 Å². The smallest absolute Gasteiger partial charge is 0.234 e. The minimum Gasteiger partial charge on any atom is -0.352 e. The number of carbonyl (C=O) groups excluding carboxylic acids is 1. The van der Waals surface area contributed by atoms with Crippen molar-refractivity contribution in [1.29, 1.82) is 0 Å². The van der Waals surface area contributed by atoms with Gasteiger partial charge in [-0.2, -0.15) is 0 Å². The van der Waals surface area contributed by atoms with Gasteiger partial charge >= 0.3 is 0 Å². The van der Waals surface area contributed by atoms with Crippen LogP contribution in [0.25, 0.3) is 0 Å². The zero-order valence-electron chi connectivity index (χ0n) is 11.2. The van der Waals surface area contributed by atoms with Crippen LogP contribution in [0.3, 0.4) is 0 Å². The number of nitrogens with two attached hydrogens (primary N) is 1. The number of hydrogen-bond acceptors (Lipinski definition) is 4. The number of nitrogens with one attached hydrogen (secondary N) is 1. The largest absolute Gasteiger partial charge is 0.352 e. The molecular formula is C13H26N4O. The van der Waals surface area contributed by atoms with Crippen LogP contribution in [-0.2, 0) is 4.79 Å². The standard InChI is InChI=1S/C13H26N4O/c14-5-1-2-6-16-7-9-17(10-8-16)11-13(18)15-12-3-4-12/h12H,1-11,14H2,(H,15,18). The minimum atomic E-state index is 0.203. The average molecular weight is 254 g/mol. The van der Waals surface area contributed by atoms with Gasteiger partial charge in [-0.25, -0.2) is 0 Å². The quantitative estimate of drug-likeness (QED) is 0.608. The molecule has 18 heavy (non-hydrogen) atoms. The van der Waals surface area contributed by atoms with Crippen LogP contribution in [0.1, 0.15) is 25.7 Å². The second-order valence-electron chi connectivity index (χ2n) is 5.46. The molecule has 2 aliphatic rings. The van der Waals surface area contributed by atoms with Crippen LogP contribution in [0.4, 0.5) is 0 Å². The summed E-state index contributed by atoms with van der Waals surface area (Å²) in [7, 11) is 0. The number of piperazine rings is 1.